The molecule has 5 nitrogen and oxygen atoms in total. The largest absolute Gasteiger partial charge is 0.369 e. The third-order valence-electron chi connectivity index (χ3n) is 5.61. The van der Waals surface area contributed by atoms with Crippen molar-refractivity contribution in [3.05, 3.63) is 34.9 Å². The summed E-state index contributed by atoms with van der Waals surface area (Å²) in [6, 6.07) is 6.65. The van der Waals surface area contributed by atoms with Gasteiger partial charge in [-0.25, -0.2) is 0 Å². The number of likely N-dealkylation sites (tertiary alicyclic amines) is 1. The monoisotopic (exact) mass is 343 g/mol. The zero-order valence-electron chi connectivity index (χ0n) is 15.1. The third kappa shape index (κ3) is 4.60. The van der Waals surface area contributed by atoms with Gasteiger partial charge in [0.15, 0.2) is 0 Å². The van der Waals surface area contributed by atoms with Gasteiger partial charge in [-0.3, -0.25) is 14.5 Å². The number of fused-ring (bicyclic) bond motifs is 1. The molecule has 2 amide bonds. The molecule has 1 atom stereocenters. The lowest BCUT2D eigenvalue weighted by atomic mass is 9.89. The molecule has 3 N–H and O–H groups in total. The Morgan fingerprint density at radius 1 is 1.20 bits per heavy atom. The summed E-state index contributed by atoms with van der Waals surface area (Å²) in [5.74, 6) is -0.207. The first-order chi connectivity index (χ1) is 12.0. The summed E-state index contributed by atoms with van der Waals surface area (Å²) in [7, 11) is 0. The maximum atomic E-state index is 12.4. The molecule has 1 aliphatic heterocycles. The normalized spacial score (nSPS) is 19.9. The van der Waals surface area contributed by atoms with Gasteiger partial charge in [0.1, 0.15) is 0 Å². The second-order valence-electron chi connectivity index (χ2n) is 7.48. The molecule has 1 aromatic rings. The van der Waals surface area contributed by atoms with Gasteiger partial charge in [-0.05, 0) is 75.2 Å². The predicted octanol–water partition coefficient (Wildman–Crippen LogP) is 1.94. The molecule has 1 aromatic carbocycles. The summed E-state index contributed by atoms with van der Waals surface area (Å²) in [5, 5.41) is 3.11. The van der Waals surface area contributed by atoms with Crippen LogP contribution in [-0.4, -0.2) is 36.3 Å². The van der Waals surface area contributed by atoms with Crippen molar-refractivity contribution in [2.24, 2.45) is 11.7 Å². The summed E-state index contributed by atoms with van der Waals surface area (Å²) in [6.07, 6.45) is 6.38. The average molecular weight is 343 g/mol. The molecule has 0 saturated carbocycles. The van der Waals surface area contributed by atoms with Crippen molar-refractivity contribution >= 4 is 11.8 Å². The standard InChI is InChI=1S/C20H29N3O2/c1-14(17-7-6-15-4-2-3-5-18(15)12-17)22-19(24)13-23-10-8-16(9-11-23)20(21)25/h6-7,12,14,16H,2-5,8-11,13H2,1H3,(H2,21,25)(H,22,24)/t14-/m1/s1. The number of carbonyl (C=O) groups is 2. The molecule has 0 bridgehead atoms. The summed E-state index contributed by atoms with van der Waals surface area (Å²) in [5.41, 5.74) is 9.44. The van der Waals surface area contributed by atoms with Gasteiger partial charge < -0.3 is 11.1 Å². The van der Waals surface area contributed by atoms with Crippen molar-refractivity contribution in [3.8, 4) is 0 Å². The van der Waals surface area contributed by atoms with Crippen molar-refractivity contribution in [2.45, 2.75) is 51.5 Å². The number of piperidine rings is 1. The second-order valence-corrected chi connectivity index (χ2v) is 7.48. The lowest BCUT2D eigenvalue weighted by Gasteiger charge is -2.30. The number of nitrogens with two attached hydrogens (primary N) is 1. The first-order valence-corrected chi connectivity index (χ1v) is 9.45. The fourth-order valence-corrected chi connectivity index (χ4v) is 3.97. The van der Waals surface area contributed by atoms with Crippen LogP contribution in [0.2, 0.25) is 0 Å². The van der Waals surface area contributed by atoms with E-state index in [1.54, 1.807) is 0 Å². The van der Waals surface area contributed by atoms with E-state index in [1.807, 2.05) is 6.92 Å². The second kappa shape index (κ2) is 8.00. The average Bonchev–Trinajstić information content (AvgIpc) is 2.61. The SMILES string of the molecule is C[C@@H](NC(=O)CN1CCC(C(N)=O)CC1)c1ccc2c(c1)CCCC2. The van der Waals surface area contributed by atoms with E-state index in [0.717, 1.165) is 32.4 Å². The van der Waals surface area contributed by atoms with E-state index >= 15 is 0 Å². The number of benzene rings is 1. The minimum absolute atomic E-state index is 0.0166. The number of aryl methyl sites for hydroxylation is 2. The van der Waals surface area contributed by atoms with Crippen LogP contribution < -0.4 is 11.1 Å². The number of amides is 2. The Bertz CT molecular complexity index is 636. The van der Waals surface area contributed by atoms with Gasteiger partial charge in [-0.2, -0.15) is 0 Å². The minimum atomic E-state index is -0.217. The van der Waals surface area contributed by atoms with Crippen molar-refractivity contribution in [1.29, 1.82) is 0 Å². The number of rotatable bonds is 5. The molecule has 5 heteroatoms. The highest BCUT2D eigenvalue weighted by Gasteiger charge is 2.24. The molecule has 25 heavy (non-hydrogen) atoms. The number of hydrogen-bond donors (Lipinski definition) is 2. The van der Waals surface area contributed by atoms with Gasteiger partial charge in [0.2, 0.25) is 11.8 Å². The summed E-state index contributed by atoms with van der Waals surface area (Å²) < 4.78 is 0. The summed E-state index contributed by atoms with van der Waals surface area (Å²) >= 11 is 0. The number of nitrogens with zero attached hydrogens (tertiary/aromatic N) is 1. The Labute approximate surface area is 150 Å². The zero-order chi connectivity index (χ0) is 17.8. The Balaban J connectivity index is 1.50. The number of nitrogens with one attached hydrogen (secondary N) is 1. The highest BCUT2D eigenvalue weighted by molar-refractivity contribution is 5.79. The summed E-state index contributed by atoms with van der Waals surface area (Å²) in [6.45, 7) is 3.95. The van der Waals surface area contributed by atoms with Crippen molar-refractivity contribution in [2.75, 3.05) is 19.6 Å². The molecule has 1 aliphatic carbocycles. The van der Waals surface area contributed by atoms with E-state index in [4.69, 9.17) is 5.73 Å². The lowest BCUT2D eigenvalue weighted by Crippen LogP contribution is -2.44. The molecule has 1 fully saturated rings. The predicted molar refractivity (Wildman–Crippen MR) is 98.0 cm³/mol. The van der Waals surface area contributed by atoms with E-state index in [9.17, 15) is 9.59 Å². The van der Waals surface area contributed by atoms with Crippen molar-refractivity contribution in [3.63, 3.8) is 0 Å². The topological polar surface area (TPSA) is 75.4 Å². The molecule has 1 heterocycles. The quantitative estimate of drug-likeness (QED) is 0.858. The van der Waals surface area contributed by atoms with Gasteiger partial charge in [0.05, 0.1) is 12.6 Å². The van der Waals surface area contributed by atoms with Crippen LogP contribution in [0.4, 0.5) is 0 Å². The van der Waals surface area contributed by atoms with Crippen molar-refractivity contribution < 1.29 is 9.59 Å². The van der Waals surface area contributed by atoms with Gasteiger partial charge in [-0.1, -0.05) is 18.2 Å². The highest BCUT2D eigenvalue weighted by atomic mass is 16.2. The molecular formula is C20H29N3O2. The lowest BCUT2D eigenvalue weighted by molar-refractivity contribution is -0.124. The fourth-order valence-electron chi connectivity index (χ4n) is 3.97. The maximum absolute atomic E-state index is 12.4. The molecule has 2 aliphatic rings. The molecule has 3 rings (SSSR count). The highest BCUT2D eigenvalue weighted by Crippen LogP contribution is 2.24. The zero-order valence-corrected chi connectivity index (χ0v) is 15.1. The number of hydrogen-bond acceptors (Lipinski definition) is 3. The fraction of sp³-hybridized carbons (Fsp3) is 0.600. The first kappa shape index (κ1) is 17.9. The van der Waals surface area contributed by atoms with Crippen LogP contribution in [0.25, 0.3) is 0 Å². The van der Waals surface area contributed by atoms with E-state index < -0.39 is 0 Å². The first-order valence-electron chi connectivity index (χ1n) is 9.45. The molecular weight excluding hydrogens is 314 g/mol. The number of primary amides is 1. The molecule has 0 radical (unpaired) electrons. The van der Waals surface area contributed by atoms with E-state index in [0.29, 0.717) is 6.54 Å². The van der Waals surface area contributed by atoms with Gasteiger partial charge >= 0.3 is 0 Å². The van der Waals surface area contributed by atoms with Crippen LogP contribution in [0.3, 0.4) is 0 Å². The van der Waals surface area contributed by atoms with Crippen LogP contribution in [0, 0.1) is 5.92 Å². The molecule has 0 aromatic heterocycles. The van der Waals surface area contributed by atoms with Crippen molar-refractivity contribution in [1.82, 2.24) is 10.2 Å². The van der Waals surface area contributed by atoms with E-state index in [-0.39, 0.29) is 23.8 Å². The Kier molecular flexibility index (Phi) is 5.74. The molecule has 0 spiro atoms. The van der Waals surface area contributed by atoms with Crippen LogP contribution in [0.15, 0.2) is 18.2 Å². The Hall–Kier alpha value is -1.88. The maximum Gasteiger partial charge on any atom is 0.234 e. The Morgan fingerprint density at radius 3 is 2.56 bits per heavy atom. The number of carbonyl (C=O) groups excluding carboxylic acids is 2. The molecule has 1 saturated heterocycles. The minimum Gasteiger partial charge on any atom is -0.369 e. The smallest absolute Gasteiger partial charge is 0.234 e. The Morgan fingerprint density at radius 2 is 1.88 bits per heavy atom. The van der Waals surface area contributed by atoms with E-state index in [2.05, 4.69) is 28.4 Å². The van der Waals surface area contributed by atoms with Gasteiger partial charge in [0, 0.05) is 5.92 Å². The van der Waals surface area contributed by atoms with Crippen LogP contribution in [-0.2, 0) is 22.4 Å². The van der Waals surface area contributed by atoms with Gasteiger partial charge in [-0.15, -0.1) is 0 Å². The van der Waals surface area contributed by atoms with E-state index in [1.165, 1.54) is 36.0 Å². The van der Waals surface area contributed by atoms with Gasteiger partial charge in [0.25, 0.3) is 0 Å². The van der Waals surface area contributed by atoms with Crippen LogP contribution in [0.5, 0.6) is 0 Å². The van der Waals surface area contributed by atoms with Crippen LogP contribution >= 0.6 is 0 Å². The molecule has 0 unspecified atom stereocenters. The molecule has 136 valence electrons. The van der Waals surface area contributed by atoms with Crippen LogP contribution in [0.1, 0.15) is 55.3 Å². The third-order valence-corrected chi connectivity index (χ3v) is 5.61. The summed E-state index contributed by atoms with van der Waals surface area (Å²) in [4.78, 5) is 25.7.